The van der Waals surface area contributed by atoms with Crippen LogP contribution in [0.3, 0.4) is 0 Å². The molecule has 3 aromatic carbocycles. The molecule has 0 atom stereocenters. The number of ether oxygens (including phenoxy) is 1. The van der Waals surface area contributed by atoms with Gasteiger partial charge in [-0.05, 0) is 42.3 Å². The number of aryl methyl sites for hydroxylation is 1. The summed E-state index contributed by atoms with van der Waals surface area (Å²) in [5, 5.41) is 23.2. The summed E-state index contributed by atoms with van der Waals surface area (Å²) in [6.45, 7) is 2.15. The molecule has 4 rings (SSSR count). The molecule has 1 heterocycles. The molecule has 0 radical (unpaired) electrons. The molecule has 1 aromatic heterocycles. The van der Waals surface area contributed by atoms with Crippen molar-refractivity contribution in [2.45, 2.75) is 24.4 Å². The van der Waals surface area contributed by atoms with Gasteiger partial charge in [0, 0.05) is 23.6 Å². The molecule has 178 valence electrons. The van der Waals surface area contributed by atoms with Crippen molar-refractivity contribution in [2.24, 2.45) is 0 Å². The number of nitrogens with one attached hydrogen (secondary N) is 1. The zero-order valence-corrected chi connectivity index (χ0v) is 20.0. The van der Waals surface area contributed by atoms with E-state index >= 15 is 0 Å². The third-order valence-corrected chi connectivity index (χ3v) is 6.37. The molecule has 0 unspecified atom stereocenters. The zero-order chi connectivity index (χ0) is 24.8. The van der Waals surface area contributed by atoms with Gasteiger partial charge >= 0.3 is 0 Å². The number of nitro groups is 1. The number of carbonyl (C=O) groups is 1. The fraction of sp³-hybridized carbons (Fsp3) is 0.160. The van der Waals surface area contributed by atoms with Gasteiger partial charge in [0.25, 0.3) is 11.6 Å². The van der Waals surface area contributed by atoms with Crippen LogP contribution in [0.25, 0.3) is 5.69 Å². The molecule has 1 N–H and O–H groups in total. The van der Waals surface area contributed by atoms with Gasteiger partial charge in [-0.2, -0.15) is 0 Å². The summed E-state index contributed by atoms with van der Waals surface area (Å²) < 4.78 is 7.08. The summed E-state index contributed by atoms with van der Waals surface area (Å²) in [5.74, 6) is 1.33. The van der Waals surface area contributed by atoms with Crippen molar-refractivity contribution in [1.29, 1.82) is 0 Å². The molecule has 0 bridgehead atoms. The minimum absolute atomic E-state index is 0.0121. The number of non-ortho nitro benzene ring substituents is 1. The SMILES string of the molecule is COc1ccccc1C(=O)NCc1nnc(SCc2ccccc2C)n1-c1ccc([N+](=O)[O-])cc1. The van der Waals surface area contributed by atoms with E-state index in [1.165, 1.54) is 42.1 Å². The maximum Gasteiger partial charge on any atom is 0.269 e. The predicted octanol–water partition coefficient (Wildman–Crippen LogP) is 4.71. The molecule has 0 saturated heterocycles. The first-order valence-electron chi connectivity index (χ1n) is 10.8. The average molecular weight is 490 g/mol. The third kappa shape index (κ3) is 5.49. The molecule has 0 aliphatic heterocycles. The van der Waals surface area contributed by atoms with E-state index in [2.05, 4.69) is 34.6 Å². The first-order chi connectivity index (χ1) is 17.0. The zero-order valence-electron chi connectivity index (χ0n) is 19.2. The molecule has 0 saturated carbocycles. The lowest BCUT2D eigenvalue weighted by Gasteiger charge is -2.12. The highest BCUT2D eigenvalue weighted by Gasteiger charge is 2.18. The fourth-order valence-electron chi connectivity index (χ4n) is 3.49. The van der Waals surface area contributed by atoms with Crippen LogP contribution in [0.2, 0.25) is 0 Å². The predicted molar refractivity (Wildman–Crippen MR) is 133 cm³/mol. The second kappa shape index (κ2) is 10.8. The number of hydrogen-bond donors (Lipinski definition) is 1. The number of nitro benzene ring substituents is 1. The van der Waals surface area contributed by atoms with E-state index in [4.69, 9.17) is 4.74 Å². The Morgan fingerprint density at radius 1 is 1.06 bits per heavy atom. The van der Waals surface area contributed by atoms with Crippen molar-refractivity contribution in [3.8, 4) is 11.4 Å². The molecular weight excluding hydrogens is 466 g/mol. The Kier molecular flexibility index (Phi) is 7.41. The molecule has 9 nitrogen and oxygen atoms in total. The minimum atomic E-state index is -0.446. The van der Waals surface area contributed by atoms with Crippen molar-refractivity contribution < 1.29 is 14.5 Å². The Hall–Kier alpha value is -4.18. The van der Waals surface area contributed by atoms with Crippen LogP contribution >= 0.6 is 11.8 Å². The van der Waals surface area contributed by atoms with Gasteiger partial charge in [-0.25, -0.2) is 0 Å². The maximum atomic E-state index is 12.8. The van der Waals surface area contributed by atoms with E-state index < -0.39 is 4.92 Å². The van der Waals surface area contributed by atoms with Crippen LogP contribution in [0.15, 0.2) is 78.0 Å². The molecule has 4 aromatic rings. The number of rotatable bonds is 9. The van der Waals surface area contributed by atoms with E-state index in [0.717, 1.165) is 0 Å². The molecule has 0 aliphatic carbocycles. The fourth-order valence-corrected chi connectivity index (χ4v) is 4.54. The molecule has 0 fully saturated rings. The van der Waals surface area contributed by atoms with Crippen molar-refractivity contribution >= 4 is 23.4 Å². The van der Waals surface area contributed by atoms with Crippen molar-refractivity contribution in [3.63, 3.8) is 0 Å². The monoisotopic (exact) mass is 489 g/mol. The highest BCUT2D eigenvalue weighted by molar-refractivity contribution is 7.98. The number of para-hydroxylation sites is 1. The van der Waals surface area contributed by atoms with Gasteiger partial charge in [0.05, 0.1) is 24.1 Å². The topological polar surface area (TPSA) is 112 Å². The first kappa shape index (κ1) is 24.0. The van der Waals surface area contributed by atoms with Crippen LogP contribution in [0.4, 0.5) is 5.69 Å². The number of nitrogens with zero attached hydrogens (tertiary/aromatic N) is 4. The summed E-state index contributed by atoms with van der Waals surface area (Å²) in [6, 6.07) is 21.2. The number of carbonyl (C=O) groups excluding carboxylic acids is 1. The van der Waals surface area contributed by atoms with Crippen molar-refractivity contribution in [3.05, 3.63) is 105 Å². The van der Waals surface area contributed by atoms with Gasteiger partial charge in [-0.3, -0.25) is 19.5 Å². The van der Waals surface area contributed by atoms with Crippen LogP contribution in [0.1, 0.15) is 27.3 Å². The van der Waals surface area contributed by atoms with E-state index in [1.54, 1.807) is 41.0 Å². The standard InChI is InChI=1S/C25H23N5O4S/c1-17-7-3-4-8-18(17)16-35-25-28-27-23(29(25)19-11-13-20(14-12-19)30(32)33)15-26-24(31)21-9-5-6-10-22(21)34-2/h3-14H,15-16H2,1-2H3,(H,26,31). The first-order valence-corrected chi connectivity index (χ1v) is 11.7. The van der Waals surface area contributed by atoms with Gasteiger partial charge in [-0.1, -0.05) is 48.2 Å². The molecule has 35 heavy (non-hydrogen) atoms. The molecular formula is C25H23N5O4S. The van der Waals surface area contributed by atoms with E-state index in [9.17, 15) is 14.9 Å². The van der Waals surface area contributed by atoms with Crippen LogP contribution in [-0.2, 0) is 12.3 Å². The normalized spacial score (nSPS) is 10.7. The third-order valence-electron chi connectivity index (χ3n) is 5.40. The molecule has 1 amide bonds. The van der Waals surface area contributed by atoms with E-state index in [1.807, 2.05) is 12.1 Å². The Balaban J connectivity index is 1.61. The van der Waals surface area contributed by atoms with Gasteiger partial charge in [0.2, 0.25) is 0 Å². The van der Waals surface area contributed by atoms with Crippen molar-refractivity contribution in [1.82, 2.24) is 20.1 Å². The highest BCUT2D eigenvalue weighted by Crippen LogP contribution is 2.27. The summed E-state index contributed by atoms with van der Waals surface area (Å²) in [4.78, 5) is 23.4. The second-order valence-electron chi connectivity index (χ2n) is 7.61. The summed E-state index contributed by atoms with van der Waals surface area (Å²) in [7, 11) is 1.51. The molecule has 0 aliphatic rings. The van der Waals surface area contributed by atoms with E-state index in [0.29, 0.717) is 33.7 Å². The van der Waals surface area contributed by atoms with Crippen LogP contribution < -0.4 is 10.1 Å². The summed E-state index contributed by atoms with van der Waals surface area (Å²) in [5.41, 5.74) is 3.40. The Bertz CT molecular complexity index is 1350. The van der Waals surface area contributed by atoms with Gasteiger partial charge < -0.3 is 10.1 Å². The Morgan fingerprint density at radius 2 is 1.77 bits per heavy atom. The number of thioether (sulfide) groups is 1. The largest absolute Gasteiger partial charge is 0.496 e. The van der Waals surface area contributed by atoms with Crippen LogP contribution in [-0.4, -0.2) is 32.7 Å². The van der Waals surface area contributed by atoms with Gasteiger partial charge in [-0.15, -0.1) is 10.2 Å². The molecule has 0 spiro atoms. The second-order valence-corrected chi connectivity index (χ2v) is 8.55. The lowest BCUT2D eigenvalue weighted by atomic mass is 10.1. The smallest absolute Gasteiger partial charge is 0.269 e. The highest BCUT2D eigenvalue weighted by atomic mass is 32.2. The van der Waals surface area contributed by atoms with E-state index in [-0.39, 0.29) is 18.1 Å². The van der Waals surface area contributed by atoms with Gasteiger partial charge in [0.15, 0.2) is 11.0 Å². The lowest BCUT2D eigenvalue weighted by Crippen LogP contribution is -2.25. The number of benzene rings is 3. The van der Waals surface area contributed by atoms with Crippen LogP contribution in [0, 0.1) is 17.0 Å². The van der Waals surface area contributed by atoms with Crippen LogP contribution in [0.5, 0.6) is 5.75 Å². The van der Waals surface area contributed by atoms with Crippen molar-refractivity contribution in [2.75, 3.05) is 7.11 Å². The Labute approximate surface area is 206 Å². The summed E-state index contributed by atoms with van der Waals surface area (Å²) in [6.07, 6.45) is 0. The minimum Gasteiger partial charge on any atom is -0.496 e. The number of amides is 1. The average Bonchev–Trinajstić information content (AvgIpc) is 3.29. The quantitative estimate of drug-likeness (QED) is 0.206. The number of hydrogen-bond acceptors (Lipinski definition) is 7. The summed E-state index contributed by atoms with van der Waals surface area (Å²) >= 11 is 1.50. The maximum absolute atomic E-state index is 12.8. The number of methoxy groups -OCH3 is 1. The Morgan fingerprint density at radius 3 is 2.49 bits per heavy atom. The van der Waals surface area contributed by atoms with Gasteiger partial charge in [0.1, 0.15) is 5.75 Å². The molecule has 10 heteroatoms. The lowest BCUT2D eigenvalue weighted by molar-refractivity contribution is -0.384. The number of aromatic nitrogens is 3.